The third-order valence-corrected chi connectivity index (χ3v) is 10.3. The average Bonchev–Trinajstić information content (AvgIpc) is 3.43. The minimum Gasteiger partial charge on any atom is -0.208 e. The van der Waals surface area contributed by atoms with Crippen molar-refractivity contribution in [2.75, 3.05) is 0 Å². The van der Waals surface area contributed by atoms with Crippen molar-refractivity contribution in [3.05, 3.63) is 163 Å². The van der Waals surface area contributed by atoms with Crippen LogP contribution in [-0.2, 0) is 5.41 Å². The second-order valence-corrected chi connectivity index (χ2v) is 13.1. The maximum atomic E-state index is 4.95. The van der Waals surface area contributed by atoms with E-state index in [0.29, 0.717) is 17.5 Å². The predicted molar refractivity (Wildman–Crippen MR) is 196 cm³/mol. The topological polar surface area (TPSA) is 38.7 Å². The summed E-state index contributed by atoms with van der Waals surface area (Å²) in [5, 5.41) is 0. The van der Waals surface area contributed by atoms with Crippen molar-refractivity contribution in [1.29, 1.82) is 0 Å². The standard InChI is InChI=1S/C45H35N3/c1-4-13-33(14-5-1)42-46-43(34-15-6-2-7-16-34)48-44(47-42)37-18-12-17-35(29-37)31-21-23-32(24-22-31)36-25-26-39-38-19-8-9-20-40(38)45(41(39)30-36)27-10-3-11-28-45/h1-2,4-9,12-26,29-30H,3,10-11,27-28H2. The van der Waals surface area contributed by atoms with E-state index >= 15 is 0 Å². The molecule has 230 valence electrons. The van der Waals surface area contributed by atoms with E-state index in [9.17, 15) is 0 Å². The molecule has 1 heterocycles. The Hall–Kier alpha value is -5.67. The van der Waals surface area contributed by atoms with Crippen LogP contribution in [0, 0.1) is 0 Å². The summed E-state index contributed by atoms with van der Waals surface area (Å²) in [5.41, 5.74) is 13.8. The van der Waals surface area contributed by atoms with Crippen LogP contribution in [0.5, 0.6) is 0 Å². The van der Waals surface area contributed by atoms with Crippen LogP contribution in [0.1, 0.15) is 43.2 Å². The molecule has 6 aromatic carbocycles. The first kappa shape index (κ1) is 28.5. The number of aromatic nitrogens is 3. The molecule has 1 spiro atoms. The van der Waals surface area contributed by atoms with E-state index in [4.69, 9.17) is 15.0 Å². The highest BCUT2D eigenvalue weighted by Gasteiger charge is 2.43. The molecule has 0 atom stereocenters. The van der Waals surface area contributed by atoms with Gasteiger partial charge in [-0.2, -0.15) is 0 Å². The summed E-state index contributed by atoms with van der Waals surface area (Å²) in [7, 11) is 0. The van der Waals surface area contributed by atoms with Crippen molar-refractivity contribution in [3.63, 3.8) is 0 Å². The average molecular weight is 618 g/mol. The number of hydrogen-bond donors (Lipinski definition) is 0. The van der Waals surface area contributed by atoms with Gasteiger partial charge in [-0.15, -0.1) is 0 Å². The van der Waals surface area contributed by atoms with Crippen molar-refractivity contribution < 1.29 is 0 Å². The molecule has 2 aliphatic carbocycles. The van der Waals surface area contributed by atoms with Crippen molar-refractivity contribution in [1.82, 2.24) is 15.0 Å². The molecule has 1 aromatic heterocycles. The zero-order valence-electron chi connectivity index (χ0n) is 26.8. The van der Waals surface area contributed by atoms with Crippen molar-refractivity contribution in [2.45, 2.75) is 37.5 Å². The van der Waals surface area contributed by atoms with Gasteiger partial charge in [0.25, 0.3) is 0 Å². The fraction of sp³-hybridized carbons (Fsp3) is 0.133. The third kappa shape index (κ3) is 4.94. The molecule has 0 amide bonds. The predicted octanol–water partition coefficient (Wildman–Crippen LogP) is 11.4. The number of hydrogen-bond acceptors (Lipinski definition) is 3. The van der Waals surface area contributed by atoms with Gasteiger partial charge >= 0.3 is 0 Å². The van der Waals surface area contributed by atoms with Gasteiger partial charge in [-0.1, -0.05) is 159 Å². The zero-order chi connectivity index (χ0) is 31.9. The molecule has 0 saturated heterocycles. The highest BCUT2D eigenvalue weighted by atomic mass is 15.0. The van der Waals surface area contributed by atoms with Gasteiger partial charge in [0.2, 0.25) is 0 Å². The smallest absolute Gasteiger partial charge is 0.164 e. The number of nitrogens with zero attached hydrogens (tertiary/aromatic N) is 3. The molecule has 3 heteroatoms. The highest BCUT2D eigenvalue weighted by Crippen LogP contribution is 2.56. The molecule has 1 fully saturated rings. The fourth-order valence-electron chi connectivity index (χ4n) is 7.96. The Bertz CT molecular complexity index is 2190. The zero-order valence-corrected chi connectivity index (χ0v) is 26.8. The summed E-state index contributed by atoms with van der Waals surface area (Å²) in [6, 6.07) is 54.1. The summed E-state index contributed by atoms with van der Waals surface area (Å²) < 4.78 is 0. The first-order valence-corrected chi connectivity index (χ1v) is 17.1. The summed E-state index contributed by atoms with van der Waals surface area (Å²) in [5.74, 6) is 2.00. The van der Waals surface area contributed by atoms with E-state index in [1.807, 2.05) is 60.7 Å². The van der Waals surface area contributed by atoms with E-state index in [-0.39, 0.29) is 5.41 Å². The summed E-state index contributed by atoms with van der Waals surface area (Å²) >= 11 is 0. The van der Waals surface area contributed by atoms with E-state index in [1.54, 1.807) is 0 Å². The van der Waals surface area contributed by atoms with Gasteiger partial charge in [0.05, 0.1) is 0 Å². The van der Waals surface area contributed by atoms with Crippen LogP contribution in [-0.4, -0.2) is 15.0 Å². The lowest BCUT2D eigenvalue weighted by Crippen LogP contribution is -2.28. The maximum absolute atomic E-state index is 4.95. The number of rotatable bonds is 5. The van der Waals surface area contributed by atoms with Gasteiger partial charge in [0, 0.05) is 22.1 Å². The van der Waals surface area contributed by atoms with Crippen LogP contribution in [0.15, 0.2) is 152 Å². The molecule has 0 aliphatic heterocycles. The second-order valence-electron chi connectivity index (χ2n) is 13.1. The highest BCUT2D eigenvalue weighted by molar-refractivity contribution is 5.84. The van der Waals surface area contributed by atoms with Crippen LogP contribution < -0.4 is 0 Å². The molecular formula is C45H35N3. The SMILES string of the molecule is c1ccc(-c2nc(-c3ccccc3)nc(-c3cccc(-c4ccc(-c5ccc6c(c5)C5(CCCCC5)c5ccccc5-6)cc4)c3)n2)cc1. The largest absolute Gasteiger partial charge is 0.208 e. The molecule has 2 aliphatic rings. The Kier molecular flexibility index (Phi) is 7.04. The molecule has 7 aromatic rings. The third-order valence-electron chi connectivity index (χ3n) is 10.3. The lowest BCUT2D eigenvalue weighted by Gasteiger charge is -2.36. The van der Waals surface area contributed by atoms with Crippen LogP contribution >= 0.6 is 0 Å². The van der Waals surface area contributed by atoms with Crippen molar-refractivity contribution >= 4 is 0 Å². The van der Waals surface area contributed by atoms with Gasteiger partial charge in [-0.3, -0.25) is 0 Å². The lowest BCUT2D eigenvalue weighted by atomic mass is 9.67. The molecule has 3 nitrogen and oxygen atoms in total. The minimum atomic E-state index is 0.163. The summed E-state index contributed by atoms with van der Waals surface area (Å²) in [6.45, 7) is 0. The van der Waals surface area contributed by atoms with E-state index in [1.165, 1.54) is 71.0 Å². The maximum Gasteiger partial charge on any atom is 0.164 e. The van der Waals surface area contributed by atoms with Crippen LogP contribution in [0.3, 0.4) is 0 Å². The van der Waals surface area contributed by atoms with Crippen molar-refractivity contribution in [3.8, 4) is 67.5 Å². The summed E-state index contributed by atoms with van der Waals surface area (Å²) in [6.07, 6.45) is 6.44. The van der Waals surface area contributed by atoms with Crippen LogP contribution in [0.2, 0.25) is 0 Å². The van der Waals surface area contributed by atoms with Crippen molar-refractivity contribution in [2.24, 2.45) is 0 Å². The van der Waals surface area contributed by atoms with Gasteiger partial charge in [-0.25, -0.2) is 15.0 Å². The molecule has 48 heavy (non-hydrogen) atoms. The second kappa shape index (κ2) is 11.8. The molecule has 0 bridgehead atoms. The Morgan fingerprint density at radius 1 is 0.333 bits per heavy atom. The van der Waals surface area contributed by atoms with Gasteiger partial charge in [0.1, 0.15) is 0 Å². The number of fused-ring (bicyclic) bond motifs is 5. The Morgan fingerprint density at radius 3 is 1.46 bits per heavy atom. The molecule has 0 N–H and O–H groups in total. The van der Waals surface area contributed by atoms with Gasteiger partial charge in [-0.05, 0) is 69.5 Å². The normalized spacial score (nSPS) is 14.4. The van der Waals surface area contributed by atoms with E-state index in [2.05, 4.69) is 91.0 Å². The molecule has 1 saturated carbocycles. The van der Waals surface area contributed by atoms with E-state index < -0.39 is 0 Å². The minimum absolute atomic E-state index is 0.163. The molecule has 0 unspecified atom stereocenters. The molecule has 0 radical (unpaired) electrons. The quantitative estimate of drug-likeness (QED) is 0.193. The first-order chi connectivity index (χ1) is 23.7. The van der Waals surface area contributed by atoms with Crippen LogP contribution in [0.25, 0.3) is 67.5 Å². The monoisotopic (exact) mass is 617 g/mol. The fourth-order valence-corrected chi connectivity index (χ4v) is 7.96. The molecular weight excluding hydrogens is 583 g/mol. The van der Waals surface area contributed by atoms with Crippen LogP contribution in [0.4, 0.5) is 0 Å². The summed E-state index contributed by atoms with van der Waals surface area (Å²) in [4.78, 5) is 14.7. The van der Waals surface area contributed by atoms with E-state index in [0.717, 1.165) is 22.3 Å². The first-order valence-electron chi connectivity index (χ1n) is 17.1. The molecule has 9 rings (SSSR count). The van der Waals surface area contributed by atoms with Gasteiger partial charge < -0.3 is 0 Å². The number of benzene rings is 6. The lowest BCUT2D eigenvalue weighted by molar-refractivity contribution is 0.353. The van der Waals surface area contributed by atoms with Gasteiger partial charge in [0.15, 0.2) is 17.5 Å². The Morgan fingerprint density at radius 2 is 0.812 bits per heavy atom. The Balaban J connectivity index is 1.06. The Labute approximate surface area is 282 Å².